The molecule has 1 saturated heterocycles. The lowest BCUT2D eigenvalue weighted by Gasteiger charge is -2.32. The molecule has 28 heavy (non-hydrogen) atoms. The van der Waals surface area contributed by atoms with E-state index in [1.54, 1.807) is 4.90 Å². The summed E-state index contributed by atoms with van der Waals surface area (Å²) in [6.45, 7) is 3.81. The molecule has 156 valence electrons. The quantitative estimate of drug-likeness (QED) is 0.737. The van der Waals surface area contributed by atoms with Crippen LogP contribution < -0.4 is 4.74 Å². The molecule has 0 spiro atoms. The summed E-state index contributed by atoms with van der Waals surface area (Å²) >= 11 is 0. The van der Waals surface area contributed by atoms with Gasteiger partial charge < -0.3 is 19.6 Å². The van der Waals surface area contributed by atoms with Gasteiger partial charge in [0.2, 0.25) is 5.91 Å². The van der Waals surface area contributed by atoms with Crippen LogP contribution >= 0.6 is 0 Å². The molecular formula is C22H35N3O3. The highest BCUT2D eigenvalue weighted by Crippen LogP contribution is 2.22. The Labute approximate surface area is 169 Å². The summed E-state index contributed by atoms with van der Waals surface area (Å²) in [6.07, 6.45) is 5.92. The van der Waals surface area contributed by atoms with Gasteiger partial charge in [0.15, 0.2) is 0 Å². The van der Waals surface area contributed by atoms with Crippen molar-refractivity contribution in [2.45, 2.75) is 50.8 Å². The first-order valence-electron chi connectivity index (χ1n) is 10.6. The number of hydrogen-bond acceptors (Lipinski definition) is 5. The first kappa shape index (κ1) is 21.1. The lowest BCUT2D eigenvalue weighted by Crippen LogP contribution is -2.47. The minimum atomic E-state index is -0.495. The van der Waals surface area contributed by atoms with Gasteiger partial charge in [-0.15, -0.1) is 0 Å². The van der Waals surface area contributed by atoms with Crippen LogP contribution in [0.3, 0.4) is 0 Å². The van der Waals surface area contributed by atoms with Crippen molar-refractivity contribution in [1.29, 1.82) is 0 Å². The van der Waals surface area contributed by atoms with E-state index in [1.807, 2.05) is 25.2 Å². The molecule has 1 aliphatic heterocycles. The first-order valence-corrected chi connectivity index (χ1v) is 10.6. The number of piperazine rings is 1. The van der Waals surface area contributed by atoms with Crippen LogP contribution in [0, 0.1) is 0 Å². The number of amides is 1. The van der Waals surface area contributed by atoms with Crippen molar-refractivity contribution in [2.75, 3.05) is 46.9 Å². The summed E-state index contributed by atoms with van der Waals surface area (Å²) in [5, 5.41) is 10.4. The second-order valence-electron chi connectivity index (χ2n) is 8.37. The summed E-state index contributed by atoms with van der Waals surface area (Å²) < 4.78 is 5.85. The van der Waals surface area contributed by atoms with Crippen molar-refractivity contribution in [1.82, 2.24) is 14.7 Å². The number of benzene rings is 1. The SMILES string of the molecule is CN1CCN(Cc2cccc(OCC(O)CN(C)C3CCCCC3)c2)CC1=O. The molecule has 1 heterocycles. The lowest BCUT2D eigenvalue weighted by molar-refractivity contribution is -0.134. The molecule has 0 bridgehead atoms. The van der Waals surface area contributed by atoms with Crippen LogP contribution in [-0.4, -0.2) is 84.7 Å². The fraction of sp³-hybridized carbons (Fsp3) is 0.682. The molecule has 0 radical (unpaired) electrons. The van der Waals surface area contributed by atoms with E-state index in [1.165, 1.54) is 32.1 Å². The van der Waals surface area contributed by atoms with E-state index < -0.39 is 6.10 Å². The van der Waals surface area contributed by atoms with Gasteiger partial charge >= 0.3 is 0 Å². The first-order chi connectivity index (χ1) is 13.5. The predicted molar refractivity (Wildman–Crippen MR) is 110 cm³/mol. The van der Waals surface area contributed by atoms with Gasteiger partial charge in [0.25, 0.3) is 0 Å². The number of likely N-dealkylation sites (N-methyl/N-ethyl adjacent to an activating group) is 2. The molecular weight excluding hydrogens is 354 g/mol. The van der Waals surface area contributed by atoms with Crippen molar-refractivity contribution in [3.63, 3.8) is 0 Å². The summed E-state index contributed by atoms with van der Waals surface area (Å²) in [5.74, 6) is 0.946. The zero-order valence-electron chi connectivity index (χ0n) is 17.3. The lowest BCUT2D eigenvalue weighted by atomic mass is 9.94. The van der Waals surface area contributed by atoms with Crippen LogP contribution in [0.2, 0.25) is 0 Å². The molecule has 1 aromatic carbocycles. The number of aliphatic hydroxyl groups is 1. The smallest absolute Gasteiger partial charge is 0.236 e. The van der Waals surface area contributed by atoms with E-state index in [4.69, 9.17) is 4.74 Å². The topological polar surface area (TPSA) is 56.2 Å². The van der Waals surface area contributed by atoms with E-state index >= 15 is 0 Å². The van der Waals surface area contributed by atoms with Gasteiger partial charge in [0.05, 0.1) is 6.54 Å². The molecule has 1 saturated carbocycles. The van der Waals surface area contributed by atoms with Crippen LogP contribution in [0.1, 0.15) is 37.7 Å². The minimum Gasteiger partial charge on any atom is -0.491 e. The molecule has 1 N–H and O–H groups in total. The maximum atomic E-state index is 11.9. The van der Waals surface area contributed by atoms with E-state index in [0.717, 1.165) is 30.9 Å². The maximum Gasteiger partial charge on any atom is 0.236 e. The summed E-state index contributed by atoms with van der Waals surface area (Å²) in [5.41, 5.74) is 1.13. The van der Waals surface area contributed by atoms with Gasteiger partial charge in [-0.25, -0.2) is 0 Å². The minimum absolute atomic E-state index is 0.170. The standard InChI is InChI=1S/C22H35N3O3/c1-23-11-12-25(16-22(23)27)14-18-7-6-10-21(13-18)28-17-20(26)15-24(2)19-8-4-3-5-9-19/h6-7,10,13,19-20,26H,3-5,8-9,11-12,14-17H2,1-2H3. The van der Waals surface area contributed by atoms with Crippen molar-refractivity contribution in [3.05, 3.63) is 29.8 Å². The Morgan fingerprint density at radius 3 is 2.79 bits per heavy atom. The van der Waals surface area contributed by atoms with Crippen molar-refractivity contribution >= 4 is 5.91 Å². The summed E-state index contributed by atoms with van der Waals surface area (Å²) in [6, 6.07) is 8.57. The number of nitrogens with zero attached hydrogens (tertiary/aromatic N) is 3. The van der Waals surface area contributed by atoms with Gasteiger partial charge in [0.1, 0.15) is 18.5 Å². The summed E-state index contributed by atoms with van der Waals surface area (Å²) in [4.78, 5) is 18.1. The highest BCUT2D eigenvalue weighted by Gasteiger charge is 2.22. The van der Waals surface area contributed by atoms with Crippen LogP contribution in [0.5, 0.6) is 5.75 Å². The van der Waals surface area contributed by atoms with Gasteiger partial charge in [0, 0.05) is 39.3 Å². The van der Waals surface area contributed by atoms with Crippen LogP contribution in [0.4, 0.5) is 0 Å². The third-order valence-corrected chi connectivity index (χ3v) is 5.98. The number of ether oxygens (including phenoxy) is 1. The molecule has 2 fully saturated rings. The zero-order valence-corrected chi connectivity index (χ0v) is 17.3. The Balaban J connectivity index is 1.44. The molecule has 6 nitrogen and oxygen atoms in total. The number of carbonyl (C=O) groups excluding carboxylic acids is 1. The fourth-order valence-corrected chi connectivity index (χ4v) is 4.18. The van der Waals surface area contributed by atoms with E-state index in [9.17, 15) is 9.90 Å². The molecule has 1 amide bonds. The van der Waals surface area contributed by atoms with Gasteiger partial charge in [-0.2, -0.15) is 0 Å². The van der Waals surface area contributed by atoms with E-state index in [-0.39, 0.29) is 5.91 Å². The number of aliphatic hydroxyl groups excluding tert-OH is 1. The molecule has 1 aromatic rings. The highest BCUT2D eigenvalue weighted by molar-refractivity contribution is 5.78. The second kappa shape index (κ2) is 10.2. The van der Waals surface area contributed by atoms with Crippen LogP contribution in [-0.2, 0) is 11.3 Å². The Kier molecular flexibility index (Phi) is 7.71. The molecule has 6 heteroatoms. The highest BCUT2D eigenvalue weighted by atomic mass is 16.5. The Morgan fingerprint density at radius 2 is 2.04 bits per heavy atom. The van der Waals surface area contributed by atoms with Crippen LogP contribution in [0.15, 0.2) is 24.3 Å². The monoisotopic (exact) mass is 389 g/mol. The van der Waals surface area contributed by atoms with Gasteiger partial charge in [-0.05, 0) is 37.6 Å². The average molecular weight is 390 g/mol. The zero-order chi connectivity index (χ0) is 19.9. The third kappa shape index (κ3) is 6.19. The van der Waals surface area contributed by atoms with E-state index in [0.29, 0.717) is 25.7 Å². The van der Waals surface area contributed by atoms with Crippen molar-refractivity contribution in [2.24, 2.45) is 0 Å². The molecule has 1 unspecified atom stereocenters. The number of hydrogen-bond donors (Lipinski definition) is 1. The second-order valence-corrected chi connectivity index (χ2v) is 8.37. The maximum absolute atomic E-state index is 11.9. The van der Waals surface area contributed by atoms with Crippen LogP contribution in [0.25, 0.3) is 0 Å². The average Bonchev–Trinajstić information content (AvgIpc) is 2.70. The summed E-state index contributed by atoms with van der Waals surface area (Å²) in [7, 11) is 3.96. The number of carbonyl (C=O) groups is 1. The molecule has 0 aromatic heterocycles. The number of rotatable bonds is 8. The Morgan fingerprint density at radius 1 is 1.25 bits per heavy atom. The third-order valence-electron chi connectivity index (χ3n) is 5.98. The largest absolute Gasteiger partial charge is 0.491 e. The Hall–Kier alpha value is -1.63. The van der Waals surface area contributed by atoms with Crippen molar-refractivity contribution in [3.8, 4) is 5.75 Å². The molecule has 2 aliphatic rings. The molecule has 1 atom stereocenters. The van der Waals surface area contributed by atoms with E-state index in [2.05, 4.69) is 22.9 Å². The predicted octanol–water partition coefficient (Wildman–Crippen LogP) is 1.96. The van der Waals surface area contributed by atoms with Gasteiger partial charge in [-0.3, -0.25) is 9.69 Å². The molecule has 3 rings (SSSR count). The van der Waals surface area contributed by atoms with Gasteiger partial charge in [-0.1, -0.05) is 31.4 Å². The molecule has 1 aliphatic carbocycles. The normalized spacial score (nSPS) is 20.6. The van der Waals surface area contributed by atoms with Crippen molar-refractivity contribution < 1.29 is 14.6 Å². The fourth-order valence-electron chi connectivity index (χ4n) is 4.18. The Bertz CT molecular complexity index is 633.